The Kier molecular flexibility index (Phi) is 3.54. The molecule has 5 nitrogen and oxygen atoms in total. The van der Waals surface area contributed by atoms with E-state index in [0.29, 0.717) is 5.69 Å². The van der Waals surface area contributed by atoms with Crippen LogP contribution in [0.15, 0.2) is 18.2 Å². The molecule has 2 rings (SSSR count). The monoisotopic (exact) mass is 256 g/mol. The van der Waals surface area contributed by atoms with Crippen LogP contribution in [0.3, 0.4) is 0 Å². The van der Waals surface area contributed by atoms with Gasteiger partial charge in [0, 0.05) is 12.2 Å². The van der Waals surface area contributed by atoms with E-state index in [1.807, 2.05) is 6.07 Å². The molecular weight excluding hydrogens is 240 g/mol. The Balaban J connectivity index is 2.17. The first-order chi connectivity index (χ1) is 8.11. The zero-order valence-electron chi connectivity index (χ0n) is 9.48. The molecule has 17 heavy (non-hydrogen) atoms. The molecule has 1 aliphatic rings. The van der Waals surface area contributed by atoms with Crippen molar-refractivity contribution in [2.75, 3.05) is 23.6 Å². The maximum absolute atomic E-state index is 11.5. The normalized spacial score (nSPS) is 14.9. The molecule has 3 N–H and O–H groups in total. The maximum atomic E-state index is 11.5. The number of fused-ring (bicyclic) bond motifs is 1. The van der Waals surface area contributed by atoms with E-state index in [1.54, 1.807) is 12.1 Å². The molecule has 0 amide bonds. The first-order valence-electron chi connectivity index (χ1n) is 5.57. The summed E-state index contributed by atoms with van der Waals surface area (Å²) in [6, 6.07) is 5.33. The fraction of sp³-hybridized carbons (Fsp3) is 0.455. The summed E-state index contributed by atoms with van der Waals surface area (Å²) in [5.41, 5.74) is 6.86. The van der Waals surface area contributed by atoms with E-state index in [9.17, 15) is 8.42 Å². The van der Waals surface area contributed by atoms with Crippen LogP contribution in [-0.2, 0) is 16.4 Å². The van der Waals surface area contributed by atoms with E-state index in [2.05, 4.69) is 4.72 Å². The number of sulfonamides is 1. The van der Waals surface area contributed by atoms with Gasteiger partial charge in [0.1, 0.15) is 5.75 Å². The zero-order valence-corrected chi connectivity index (χ0v) is 10.3. The molecule has 0 spiro atoms. The van der Waals surface area contributed by atoms with Crippen LogP contribution in [-0.4, -0.2) is 27.3 Å². The highest BCUT2D eigenvalue weighted by Gasteiger charge is 2.13. The van der Waals surface area contributed by atoms with Gasteiger partial charge >= 0.3 is 0 Å². The standard InChI is InChI=1S/C11H16N2O3S/c12-5-7-17(14,15)13-10-3-4-11-9(8-10)2-1-6-16-11/h3-4,8,13H,1-2,5-7,12H2. The summed E-state index contributed by atoms with van der Waals surface area (Å²) in [6.45, 7) is 0.842. The van der Waals surface area contributed by atoms with E-state index in [0.717, 1.165) is 30.8 Å². The molecule has 1 aromatic rings. The molecule has 0 saturated carbocycles. The largest absolute Gasteiger partial charge is 0.493 e. The zero-order chi connectivity index (χ0) is 12.3. The third-order valence-corrected chi connectivity index (χ3v) is 3.89. The van der Waals surface area contributed by atoms with Crippen LogP contribution in [0, 0.1) is 0 Å². The van der Waals surface area contributed by atoms with Gasteiger partial charge in [-0.1, -0.05) is 0 Å². The van der Waals surface area contributed by atoms with Gasteiger partial charge < -0.3 is 10.5 Å². The van der Waals surface area contributed by atoms with E-state index in [-0.39, 0.29) is 12.3 Å². The molecule has 0 atom stereocenters. The van der Waals surface area contributed by atoms with Crippen molar-refractivity contribution in [1.82, 2.24) is 0 Å². The number of anilines is 1. The van der Waals surface area contributed by atoms with Crippen molar-refractivity contribution in [2.45, 2.75) is 12.8 Å². The van der Waals surface area contributed by atoms with Crippen LogP contribution in [0.4, 0.5) is 5.69 Å². The first-order valence-corrected chi connectivity index (χ1v) is 7.22. The second-order valence-electron chi connectivity index (χ2n) is 3.98. The van der Waals surface area contributed by atoms with Crippen LogP contribution >= 0.6 is 0 Å². The second-order valence-corrected chi connectivity index (χ2v) is 5.83. The topological polar surface area (TPSA) is 81.4 Å². The lowest BCUT2D eigenvalue weighted by Crippen LogP contribution is -2.22. The fourth-order valence-corrected chi connectivity index (χ4v) is 2.71. The van der Waals surface area contributed by atoms with Gasteiger partial charge in [-0.2, -0.15) is 0 Å². The van der Waals surface area contributed by atoms with Crippen molar-refractivity contribution in [3.8, 4) is 5.75 Å². The average Bonchev–Trinajstić information content (AvgIpc) is 2.28. The highest BCUT2D eigenvalue weighted by Crippen LogP contribution is 2.27. The Bertz CT molecular complexity index is 499. The van der Waals surface area contributed by atoms with E-state index < -0.39 is 10.0 Å². The van der Waals surface area contributed by atoms with Crippen LogP contribution in [0.1, 0.15) is 12.0 Å². The minimum absolute atomic E-state index is 0.0689. The third kappa shape index (κ3) is 3.10. The lowest BCUT2D eigenvalue weighted by Gasteiger charge is -2.18. The predicted octanol–water partition coefficient (Wildman–Crippen LogP) is 0.712. The van der Waals surface area contributed by atoms with Gasteiger partial charge in [0.25, 0.3) is 0 Å². The fourth-order valence-electron chi connectivity index (χ4n) is 1.81. The second kappa shape index (κ2) is 4.93. The Morgan fingerprint density at radius 3 is 3.00 bits per heavy atom. The Morgan fingerprint density at radius 2 is 2.24 bits per heavy atom. The number of benzene rings is 1. The van der Waals surface area contributed by atoms with Crippen LogP contribution in [0.25, 0.3) is 0 Å². The number of rotatable bonds is 4. The lowest BCUT2D eigenvalue weighted by atomic mass is 10.1. The molecule has 1 aliphatic heterocycles. The summed E-state index contributed by atoms with van der Waals surface area (Å²) in [4.78, 5) is 0. The van der Waals surface area contributed by atoms with Crippen LogP contribution in [0.5, 0.6) is 5.75 Å². The number of hydrogen-bond donors (Lipinski definition) is 2. The lowest BCUT2D eigenvalue weighted by molar-refractivity contribution is 0.288. The van der Waals surface area contributed by atoms with Gasteiger partial charge in [0.2, 0.25) is 10.0 Å². The van der Waals surface area contributed by atoms with Gasteiger partial charge in [-0.3, -0.25) is 4.72 Å². The van der Waals surface area contributed by atoms with Gasteiger partial charge in [-0.15, -0.1) is 0 Å². The van der Waals surface area contributed by atoms with E-state index >= 15 is 0 Å². The van der Waals surface area contributed by atoms with Crippen molar-refractivity contribution in [3.63, 3.8) is 0 Å². The summed E-state index contributed by atoms with van der Waals surface area (Å²) < 4.78 is 31.1. The highest BCUT2D eigenvalue weighted by molar-refractivity contribution is 7.92. The van der Waals surface area contributed by atoms with E-state index in [4.69, 9.17) is 10.5 Å². The SMILES string of the molecule is NCCS(=O)(=O)Nc1ccc2c(c1)CCCO2. The molecule has 0 aliphatic carbocycles. The first kappa shape index (κ1) is 12.2. The van der Waals surface area contributed by atoms with Gasteiger partial charge in [-0.05, 0) is 36.6 Å². The maximum Gasteiger partial charge on any atom is 0.233 e. The Hall–Kier alpha value is -1.27. The van der Waals surface area contributed by atoms with Gasteiger partial charge in [0.05, 0.1) is 12.4 Å². The highest BCUT2D eigenvalue weighted by atomic mass is 32.2. The van der Waals surface area contributed by atoms with Crippen molar-refractivity contribution >= 4 is 15.7 Å². The minimum atomic E-state index is -3.33. The smallest absolute Gasteiger partial charge is 0.233 e. The molecular formula is C11H16N2O3S. The molecule has 0 bridgehead atoms. The number of nitrogens with two attached hydrogens (primary N) is 1. The number of hydrogen-bond acceptors (Lipinski definition) is 4. The van der Waals surface area contributed by atoms with Crippen molar-refractivity contribution < 1.29 is 13.2 Å². The molecule has 94 valence electrons. The number of aryl methyl sites for hydroxylation is 1. The molecule has 0 radical (unpaired) electrons. The molecule has 0 unspecified atom stereocenters. The molecule has 1 heterocycles. The van der Waals surface area contributed by atoms with Crippen LogP contribution < -0.4 is 15.2 Å². The molecule has 0 saturated heterocycles. The number of nitrogens with one attached hydrogen (secondary N) is 1. The quantitative estimate of drug-likeness (QED) is 0.831. The van der Waals surface area contributed by atoms with Crippen molar-refractivity contribution in [3.05, 3.63) is 23.8 Å². The van der Waals surface area contributed by atoms with Crippen molar-refractivity contribution in [2.24, 2.45) is 5.73 Å². The minimum Gasteiger partial charge on any atom is -0.493 e. The molecule has 0 fully saturated rings. The molecule has 6 heteroatoms. The summed E-state index contributed by atoms with van der Waals surface area (Å²) in [5, 5.41) is 0. The predicted molar refractivity (Wildman–Crippen MR) is 66.7 cm³/mol. The summed E-state index contributed by atoms with van der Waals surface area (Å²) in [7, 11) is -3.33. The summed E-state index contributed by atoms with van der Waals surface area (Å²) in [5.74, 6) is 0.777. The summed E-state index contributed by atoms with van der Waals surface area (Å²) in [6.07, 6.45) is 1.88. The van der Waals surface area contributed by atoms with Gasteiger partial charge in [-0.25, -0.2) is 8.42 Å². The molecule has 1 aromatic carbocycles. The Labute approximate surface area is 101 Å². The Morgan fingerprint density at radius 1 is 1.41 bits per heavy atom. The number of ether oxygens (including phenoxy) is 1. The van der Waals surface area contributed by atoms with Crippen molar-refractivity contribution in [1.29, 1.82) is 0 Å². The van der Waals surface area contributed by atoms with Crippen LogP contribution in [0.2, 0.25) is 0 Å². The molecule has 0 aromatic heterocycles. The van der Waals surface area contributed by atoms with Gasteiger partial charge in [0.15, 0.2) is 0 Å². The average molecular weight is 256 g/mol. The summed E-state index contributed by atoms with van der Waals surface area (Å²) >= 11 is 0. The third-order valence-electron chi connectivity index (χ3n) is 2.57. The van der Waals surface area contributed by atoms with E-state index in [1.165, 1.54) is 0 Å².